The lowest BCUT2D eigenvalue weighted by molar-refractivity contribution is 0.0909. The molecule has 3 rings (SSSR count). The van der Waals surface area contributed by atoms with Crippen molar-refractivity contribution >= 4 is 17.5 Å². The zero-order valence-corrected chi connectivity index (χ0v) is 13.8. The van der Waals surface area contributed by atoms with Crippen molar-refractivity contribution in [1.29, 1.82) is 0 Å². The molecule has 0 unspecified atom stereocenters. The molecule has 0 aromatic carbocycles. The molecule has 4 heteroatoms. The third kappa shape index (κ3) is 3.65. The first-order valence-corrected chi connectivity index (χ1v) is 9.08. The van der Waals surface area contributed by atoms with E-state index in [9.17, 15) is 4.79 Å². The average molecular weight is 304 g/mol. The van der Waals surface area contributed by atoms with Gasteiger partial charge in [0.1, 0.15) is 5.82 Å². The number of carbonyl (C=O) groups excluding carboxylic acids is 1. The molecule has 0 aliphatic heterocycles. The second kappa shape index (κ2) is 6.07. The van der Waals surface area contributed by atoms with E-state index in [0.29, 0.717) is 6.42 Å². The lowest BCUT2D eigenvalue weighted by Crippen LogP contribution is -2.28. The van der Waals surface area contributed by atoms with E-state index in [1.165, 1.54) is 32.1 Å². The van der Waals surface area contributed by atoms with Gasteiger partial charge < -0.3 is 0 Å². The van der Waals surface area contributed by atoms with E-state index in [0.717, 1.165) is 34.5 Å². The molecule has 2 aliphatic rings. The molecular weight excluding hydrogens is 280 g/mol. The van der Waals surface area contributed by atoms with Crippen LogP contribution in [0, 0.1) is 5.41 Å². The van der Waals surface area contributed by atoms with Crippen LogP contribution in [0.1, 0.15) is 74.2 Å². The maximum atomic E-state index is 12.1. The fourth-order valence-electron chi connectivity index (χ4n) is 3.37. The molecule has 1 fully saturated rings. The Kier molecular flexibility index (Phi) is 4.34. The molecule has 0 spiro atoms. The molecule has 0 bridgehead atoms. The van der Waals surface area contributed by atoms with E-state index in [2.05, 4.69) is 18.8 Å². The molecule has 21 heavy (non-hydrogen) atoms. The number of carbonyl (C=O) groups is 1. The van der Waals surface area contributed by atoms with Gasteiger partial charge in [0, 0.05) is 17.9 Å². The van der Waals surface area contributed by atoms with Gasteiger partial charge in [-0.05, 0) is 24.7 Å². The van der Waals surface area contributed by atoms with Crippen molar-refractivity contribution in [3.63, 3.8) is 0 Å². The summed E-state index contributed by atoms with van der Waals surface area (Å²) in [7, 11) is 0. The van der Waals surface area contributed by atoms with Crippen LogP contribution in [-0.4, -0.2) is 21.0 Å². The SMILES string of the molecule is CC1(C)CC(=O)c2cnc(CSC3CCCCC3)nc2C1. The number of aromatic nitrogens is 2. The van der Waals surface area contributed by atoms with Gasteiger partial charge in [-0.3, -0.25) is 4.79 Å². The minimum Gasteiger partial charge on any atom is -0.294 e. The van der Waals surface area contributed by atoms with Crippen LogP contribution < -0.4 is 0 Å². The lowest BCUT2D eigenvalue weighted by Gasteiger charge is -2.29. The van der Waals surface area contributed by atoms with Gasteiger partial charge in [0.25, 0.3) is 0 Å². The molecule has 2 aliphatic carbocycles. The third-order valence-corrected chi connectivity index (χ3v) is 5.87. The van der Waals surface area contributed by atoms with Crippen LogP contribution in [0.25, 0.3) is 0 Å². The first kappa shape index (κ1) is 15.0. The summed E-state index contributed by atoms with van der Waals surface area (Å²) in [4.78, 5) is 21.2. The number of fused-ring (bicyclic) bond motifs is 1. The molecule has 0 radical (unpaired) electrons. The summed E-state index contributed by atoms with van der Waals surface area (Å²) in [5, 5.41) is 0.774. The molecule has 1 saturated carbocycles. The fourth-order valence-corrected chi connectivity index (χ4v) is 4.56. The maximum absolute atomic E-state index is 12.1. The highest BCUT2D eigenvalue weighted by atomic mass is 32.2. The predicted octanol–water partition coefficient (Wildman–Crippen LogP) is 4.20. The number of rotatable bonds is 3. The topological polar surface area (TPSA) is 42.9 Å². The van der Waals surface area contributed by atoms with Gasteiger partial charge in [-0.2, -0.15) is 11.8 Å². The van der Waals surface area contributed by atoms with Gasteiger partial charge in [-0.15, -0.1) is 0 Å². The number of Topliss-reactive ketones (excluding diaryl/α,β-unsaturated/α-hetero) is 1. The fraction of sp³-hybridized carbons (Fsp3) is 0.706. The van der Waals surface area contributed by atoms with Crippen LogP contribution >= 0.6 is 11.8 Å². The van der Waals surface area contributed by atoms with Crippen LogP contribution in [-0.2, 0) is 12.2 Å². The Morgan fingerprint density at radius 3 is 2.76 bits per heavy atom. The maximum Gasteiger partial charge on any atom is 0.166 e. The minimum absolute atomic E-state index is 0.0339. The molecule has 114 valence electrons. The van der Waals surface area contributed by atoms with Crippen molar-refractivity contribution in [2.24, 2.45) is 5.41 Å². The Morgan fingerprint density at radius 2 is 2.00 bits per heavy atom. The summed E-state index contributed by atoms with van der Waals surface area (Å²) in [6.45, 7) is 4.29. The second-order valence-corrected chi connectivity index (χ2v) is 8.45. The lowest BCUT2D eigenvalue weighted by atomic mass is 9.76. The molecule has 1 heterocycles. The Balaban J connectivity index is 1.69. The zero-order valence-electron chi connectivity index (χ0n) is 13.0. The number of hydrogen-bond donors (Lipinski definition) is 0. The van der Waals surface area contributed by atoms with Crippen molar-refractivity contribution in [3.05, 3.63) is 23.3 Å². The third-order valence-electron chi connectivity index (χ3n) is 4.50. The van der Waals surface area contributed by atoms with Crippen LogP contribution in [0.5, 0.6) is 0 Å². The standard InChI is InChI=1S/C17H24N2OS/c1-17(2)8-14-13(15(20)9-17)10-18-16(19-14)11-21-12-6-4-3-5-7-12/h10,12H,3-9,11H2,1-2H3. The molecule has 1 aromatic rings. The molecule has 0 amide bonds. The highest BCUT2D eigenvalue weighted by Crippen LogP contribution is 2.34. The summed E-state index contributed by atoms with van der Waals surface area (Å²) in [5.41, 5.74) is 1.75. The van der Waals surface area contributed by atoms with Gasteiger partial charge in [-0.1, -0.05) is 33.1 Å². The summed E-state index contributed by atoms with van der Waals surface area (Å²) in [6, 6.07) is 0. The van der Waals surface area contributed by atoms with E-state index in [1.54, 1.807) is 6.20 Å². The molecule has 0 N–H and O–H groups in total. The van der Waals surface area contributed by atoms with Gasteiger partial charge in [-0.25, -0.2) is 9.97 Å². The van der Waals surface area contributed by atoms with E-state index in [4.69, 9.17) is 4.98 Å². The quantitative estimate of drug-likeness (QED) is 0.839. The number of nitrogens with zero attached hydrogens (tertiary/aromatic N) is 2. The highest BCUT2D eigenvalue weighted by molar-refractivity contribution is 7.99. The van der Waals surface area contributed by atoms with Crippen molar-refractivity contribution in [2.45, 2.75) is 69.8 Å². The Labute approximate surface area is 131 Å². The minimum atomic E-state index is 0.0339. The summed E-state index contributed by atoms with van der Waals surface area (Å²) in [6.07, 6.45) is 10.1. The van der Waals surface area contributed by atoms with E-state index in [1.807, 2.05) is 11.8 Å². The zero-order chi connectivity index (χ0) is 14.9. The molecule has 3 nitrogen and oxygen atoms in total. The van der Waals surface area contributed by atoms with Crippen molar-refractivity contribution in [2.75, 3.05) is 0 Å². The molecule has 1 aromatic heterocycles. The largest absolute Gasteiger partial charge is 0.294 e. The average Bonchev–Trinajstić information content (AvgIpc) is 2.44. The second-order valence-electron chi connectivity index (χ2n) is 7.16. The van der Waals surface area contributed by atoms with Crippen LogP contribution in [0.4, 0.5) is 0 Å². The van der Waals surface area contributed by atoms with Gasteiger partial charge >= 0.3 is 0 Å². The van der Waals surface area contributed by atoms with Gasteiger partial charge in [0.15, 0.2) is 5.78 Å². The Hall–Kier alpha value is -0.900. The highest BCUT2D eigenvalue weighted by Gasteiger charge is 2.32. The molecular formula is C17H24N2OS. The van der Waals surface area contributed by atoms with Crippen LogP contribution in [0.2, 0.25) is 0 Å². The first-order valence-electron chi connectivity index (χ1n) is 8.03. The Bertz CT molecular complexity index is 536. The number of thioether (sulfide) groups is 1. The van der Waals surface area contributed by atoms with Crippen LogP contribution in [0.15, 0.2) is 6.20 Å². The Morgan fingerprint density at radius 1 is 1.24 bits per heavy atom. The first-order chi connectivity index (χ1) is 10.0. The smallest absolute Gasteiger partial charge is 0.166 e. The van der Waals surface area contributed by atoms with Gasteiger partial charge in [0.05, 0.1) is 17.0 Å². The monoisotopic (exact) mass is 304 g/mol. The summed E-state index contributed by atoms with van der Waals surface area (Å²) in [5.74, 6) is 1.98. The predicted molar refractivity (Wildman–Crippen MR) is 86.6 cm³/mol. The van der Waals surface area contributed by atoms with Crippen molar-refractivity contribution in [1.82, 2.24) is 9.97 Å². The van der Waals surface area contributed by atoms with Gasteiger partial charge in [0.2, 0.25) is 0 Å². The summed E-state index contributed by atoms with van der Waals surface area (Å²) >= 11 is 1.99. The van der Waals surface area contributed by atoms with Crippen molar-refractivity contribution < 1.29 is 4.79 Å². The van der Waals surface area contributed by atoms with E-state index >= 15 is 0 Å². The van der Waals surface area contributed by atoms with E-state index < -0.39 is 0 Å². The number of ketones is 1. The summed E-state index contributed by atoms with van der Waals surface area (Å²) < 4.78 is 0. The van der Waals surface area contributed by atoms with Crippen molar-refractivity contribution in [3.8, 4) is 0 Å². The molecule has 0 atom stereocenters. The van der Waals surface area contributed by atoms with E-state index in [-0.39, 0.29) is 11.2 Å². The molecule has 0 saturated heterocycles. The normalized spacial score (nSPS) is 22.1. The number of hydrogen-bond acceptors (Lipinski definition) is 4. The van der Waals surface area contributed by atoms with Crippen LogP contribution in [0.3, 0.4) is 0 Å².